The summed E-state index contributed by atoms with van der Waals surface area (Å²) >= 11 is 0. The van der Waals surface area contributed by atoms with E-state index in [1.54, 1.807) is 0 Å². The van der Waals surface area contributed by atoms with Gasteiger partial charge in [0.25, 0.3) is 0 Å². The molecule has 0 aliphatic heterocycles. The van der Waals surface area contributed by atoms with Crippen molar-refractivity contribution in [2.24, 2.45) is 17.6 Å². The Balaban J connectivity index is 1.60. The highest BCUT2D eigenvalue weighted by atomic mass is 16.5. The van der Waals surface area contributed by atoms with E-state index in [1.807, 2.05) is 0 Å². The van der Waals surface area contributed by atoms with Gasteiger partial charge in [-0.05, 0) is 50.9 Å². The van der Waals surface area contributed by atoms with Gasteiger partial charge in [0, 0.05) is 12.0 Å². The predicted octanol–water partition coefficient (Wildman–Crippen LogP) is 2.74. The van der Waals surface area contributed by atoms with Gasteiger partial charge in [-0.1, -0.05) is 18.0 Å². The van der Waals surface area contributed by atoms with Crippen LogP contribution in [0.5, 0.6) is 0 Å². The Morgan fingerprint density at radius 3 is 2.79 bits per heavy atom. The first-order chi connectivity index (χ1) is 9.17. The first kappa shape index (κ1) is 11.9. The molecule has 104 valence electrons. The zero-order valence-electron chi connectivity index (χ0n) is 11.6. The summed E-state index contributed by atoms with van der Waals surface area (Å²) in [4.78, 5) is 4.76. The van der Waals surface area contributed by atoms with Crippen molar-refractivity contribution in [2.75, 3.05) is 0 Å². The lowest BCUT2D eigenvalue weighted by atomic mass is 9.85. The van der Waals surface area contributed by atoms with Gasteiger partial charge < -0.3 is 10.3 Å². The second-order valence-electron chi connectivity index (χ2n) is 7.16. The van der Waals surface area contributed by atoms with E-state index in [0.29, 0.717) is 5.92 Å². The summed E-state index contributed by atoms with van der Waals surface area (Å²) in [5.41, 5.74) is 6.15. The molecule has 0 aromatic carbocycles. The van der Waals surface area contributed by atoms with Crippen molar-refractivity contribution in [1.82, 2.24) is 10.1 Å². The van der Waals surface area contributed by atoms with Crippen LogP contribution in [0.2, 0.25) is 0 Å². The van der Waals surface area contributed by atoms with E-state index < -0.39 is 0 Å². The Kier molecular flexibility index (Phi) is 2.53. The van der Waals surface area contributed by atoms with Crippen LogP contribution in [0.3, 0.4) is 0 Å². The zero-order chi connectivity index (χ0) is 13.0. The van der Waals surface area contributed by atoms with Crippen molar-refractivity contribution in [2.45, 2.75) is 69.2 Å². The van der Waals surface area contributed by atoms with Gasteiger partial charge in [-0.3, -0.25) is 0 Å². The first-order valence-electron chi connectivity index (χ1n) is 7.76. The van der Waals surface area contributed by atoms with Crippen LogP contribution in [0.1, 0.15) is 69.5 Å². The highest BCUT2D eigenvalue weighted by Gasteiger charge is 2.45. The molecule has 3 aliphatic rings. The molecule has 0 saturated heterocycles. The third-order valence-corrected chi connectivity index (χ3v) is 6.03. The summed E-state index contributed by atoms with van der Waals surface area (Å²) in [7, 11) is 0. The van der Waals surface area contributed by atoms with Gasteiger partial charge in [0.2, 0.25) is 5.89 Å². The number of hydrogen-bond donors (Lipinski definition) is 1. The second kappa shape index (κ2) is 4.05. The minimum absolute atomic E-state index is 0.0944. The van der Waals surface area contributed by atoms with E-state index in [0.717, 1.165) is 36.4 Å². The van der Waals surface area contributed by atoms with Crippen LogP contribution >= 0.6 is 0 Å². The smallest absolute Gasteiger partial charge is 0.234 e. The molecular formula is C15H23N3O. The molecule has 2 N–H and O–H groups in total. The van der Waals surface area contributed by atoms with Crippen LogP contribution in [0.25, 0.3) is 0 Å². The molecule has 1 aromatic rings. The van der Waals surface area contributed by atoms with Gasteiger partial charge in [-0.2, -0.15) is 4.98 Å². The van der Waals surface area contributed by atoms with Crippen LogP contribution < -0.4 is 5.73 Å². The molecule has 3 aliphatic carbocycles. The van der Waals surface area contributed by atoms with Crippen LogP contribution in [0, 0.1) is 11.8 Å². The van der Waals surface area contributed by atoms with E-state index in [1.165, 1.54) is 32.1 Å². The number of nitrogens with two attached hydrogens (primary N) is 1. The largest absolute Gasteiger partial charge is 0.339 e. The van der Waals surface area contributed by atoms with E-state index >= 15 is 0 Å². The lowest BCUT2D eigenvalue weighted by Gasteiger charge is -2.24. The van der Waals surface area contributed by atoms with Crippen molar-refractivity contribution in [1.29, 1.82) is 0 Å². The molecule has 0 amide bonds. The van der Waals surface area contributed by atoms with Crippen LogP contribution in [0.15, 0.2) is 4.52 Å². The van der Waals surface area contributed by atoms with E-state index in [-0.39, 0.29) is 11.5 Å². The Labute approximate surface area is 114 Å². The first-order valence-corrected chi connectivity index (χ1v) is 7.76. The Morgan fingerprint density at radius 2 is 2.16 bits per heavy atom. The Morgan fingerprint density at radius 1 is 1.26 bits per heavy atom. The van der Waals surface area contributed by atoms with Gasteiger partial charge in [0.15, 0.2) is 5.82 Å². The van der Waals surface area contributed by atoms with Crippen molar-refractivity contribution >= 4 is 0 Å². The number of hydrogen-bond acceptors (Lipinski definition) is 4. The SMILES string of the molecule is CC1(c2nc(C3CC4CCC3C4)no2)CCCC1N. The molecule has 4 nitrogen and oxygen atoms in total. The van der Waals surface area contributed by atoms with Gasteiger partial charge >= 0.3 is 0 Å². The number of fused-ring (bicyclic) bond motifs is 2. The minimum atomic E-state index is -0.0944. The van der Waals surface area contributed by atoms with Gasteiger partial charge in [0.1, 0.15) is 0 Å². The molecule has 4 heteroatoms. The minimum Gasteiger partial charge on any atom is -0.339 e. The summed E-state index contributed by atoms with van der Waals surface area (Å²) in [5, 5.41) is 4.30. The summed E-state index contributed by atoms with van der Waals surface area (Å²) < 4.78 is 5.60. The highest BCUT2D eigenvalue weighted by molar-refractivity contribution is 5.14. The molecule has 5 atom stereocenters. The fourth-order valence-electron chi connectivity index (χ4n) is 4.64. The molecule has 5 unspecified atom stereocenters. The summed E-state index contributed by atoms with van der Waals surface area (Å²) in [5.74, 6) is 4.03. The van der Waals surface area contributed by atoms with Crippen LogP contribution in [-0.2, 0) is 5.41 Å². The molecular weight excluding hydrogens is 238 g/mol. The molecule has 3 saturated carbocycles. The highest BCUT2D eigenvalue weighted by Crippen LogP contribution is 2.52. The lowest BCUT2D eigenvalue weighted by Crippen LogP contribution is -2.38. The van der Waals surface area contributed by atoms with Gasteiger partial charge in [-0.25, -0.2) is 0 Å². The van der Waals surface area contributed by atoms with Crippen molar-refractivity contribution in [3.8, 4) is 0 Å². The summed E-state index contributed by atoms with van der Waals surface area (Å²) in [6, 6.07) is 0.167. The van der Waals surface area contributed by atoms with E-state index in [4.69, 9.17) is 15.2 Å². The van der Waals surface area contributed by atoms with E-state index in [2.05, 4.69) is 12.1 Å². The van der Waals surface area contributed by atoms with Crippen LogP contribution in [-0.4, -0.2) is 16.2 Å². The maximum absolute atomic E-state index is 6.24. The lowest BCUT2D eigenvalue weighted by molar-refractivity contribution is 0.274. The van der Waals surface area contributed by atoms with E-state index in [9.17, 15) is 0 Å². The number of rotatable bonds is 2. The van der Waals surface area contributed by atoms with Crippen LogP contribution in [0.4, 0.5) is 0 Å². The van der Waals surface area contributed by atoms with Crippen molar-refractivity contribution < 1.29 is 4.52 Å². The molecule has 1 heterocycles. The third-order valence-electron chi connectivity index (χ3n) is 6.03. The zero-order valence-corrected chi connectivity index (χ0v) is 11.6. The van der Waals surface area contributed by atoms with Crippen molar-refractivity contribution in [3.05, 3.63) is 11.7 Å². The van der Waals surface area contributed by atoms with Gasteiger partial charge in [0.05, 0.1) is 5.41 Å². The van der Waals surface area contributed by atoms with Gasteiger partial charge in [-0.15, -0.1) is 0 Å². The normalized spacial score (nSPS) is 45.2. The average Bonchev–Trinajstić information content (AvgIpc) is 3.14. The quantitative estimate of drug-likeness (QED) is 0.889. The monoisotopic (exact) mass is 261 g/mol. The molecule has 3 fully saturated rings. The fourth-order valence-corrected chi connectivity index (χ4v) is 4.64. The topological polar surface area (TPSA) is 64.9 Å². The number of aromatic nitrogens is 2. The third kappa shape index (κ3) is 1.69. The fraction of sp³-hybridized carbons (Fsp3) is 0.867. The maximum atomic E-state index is 6.24. The maximum Gasteiger partial charge on any atom is 0.234 e. The molecule has 0 spiro atoms. The Bertz CT molecular complexity index is 485. The molecule has 19 heavy (non-hydrogen) atoms. The molecule has 2 bridgehead atoms. The standard InChI is InChI=1S/C15H23N3O/c1-15(6-2-3-12(15)16)14-17-13(18-19-14)11-8-9-4-5-10(11)7-9/h9-12H,2-8,16H2,1H3. The molecule has 4 rings (SSSR count). The summed E-state index contributed by atoms with van der Waals surface area (Å²) in [6.45, 7) is 2.18. The van der Waals surface area contributed by atoms with Crippen molar-refractivity contribution in [3.63, 3.8) is 0 Å². The average molecular weight is 261 g/mol. The second-order valence-corrected chi connectivity index (χ2v) is 7.16. The predicted molar refractivity (Wildman–Crippen MR) is 71.7 cm³/mol. The molecule has 1 aromatic heterocycles. The summed E-state index contributed by atoms with van der Waals surface area (Å²) in [6.07, 6.45) is 8.74. The molecule has 0 radical (unpaired) electrons. The Hall–Kier alpha value is -0.900. The number of nitrogens with zero attached hydrogens (tertiary/aromatic N) is 2.